The summed E-state index contributed by atoms with van der Waals surface area (Å²) in [7, 11) is 0. The number of aromatic nitrogens is 2. The minimum atomic E-state index is 0.378. The van der Waals surface area contributed by atoms with Crippen LogP contribution >= 0.6 is 0 Å². The molecule has 0 aliphatic carbocycles. The highest BCUT2D eigenvalue weighted by Crippen LogP contribution is 1.93. The van der Waals surface area contributed by atoms with Crippen LogP contribution in [0.15, 0.2) is 40.5 Å². The summed E-state index contributed by atoms with van der Waals surface area (Å²) in [5.74, 6) is 0.378. The van der Waals surface area contributed by atoms with Gasteiger partial charge in [0, 0.05) is 24.2 Å². The first-order valence-corrected chi connectivity index (χ1v) is 3.92. The summed E-state index contributed by atoms with van der Waals surface area (Å²) in [6, 6.07) is 0. The first kappa shape index (κ1) is 10.0. The molecule has 1 heterocycles. The van der Waals surface area contributed by atoms with Crippen LogP contribution in [0, 0.1) is 0 Å². The molecule has 0 saturated heterocycles. The molecule has 0 saturated carbocycles. The van der Waals surface area contributed by atoms with Gasteiger partial charge in [0.1, 0.15) is 12.6 Å². The van der Waals surface area contributed by atoms with Gasteiger partial charge < -0.3 is 0 Å². The molecule has 0 radical (unpaired) electrons. The van der Waals surface area contributed by atoms with Crippen molar-refractivity contribution >= 4 is 19.0 Å². The molecule has 1 aromatic rings. The van der Waals surface area contributed by atoms with Crippen molar-refractivity contribution in [3.63, 3.8) is 0 Å². The summed E-state index contributed by atoms with van der Waals surface area (Å²) in [4.78, 5) is 21.8. The second-order valence-electron chi connectivity index (χ2n) is 2.55. The maximum absolute atomic E-state index is 10.3. The Morgan fingerprint density at radius 1 is 1.64 bits per heavy atom. The van der Waals surface area contributed by atoms with Gasteiger partial charge in [-0.15, -0.1) is 0 Å². The van der Waals surface area contributed by atoms with Crippen molar-refractivity contribution in [1.29, 1.82) is 0 Å². The van der Waals surface area contributed by atoms with Crippen LogP contribution < -0.4 is 0 Å². The molecule has 0 fully saturated rings. The number of carbonyl (C=O) groups excluding carboxylic acids is 1. The molecular formula is C9H10N4O. The number of carbonyl (C=O) groups is 1. The lowest BCUT2D eigenvalue weighted by Crippen LogP contribution is -2.05. The Morgan fingerprint density at radius 3 is 2.93 bits per heavy atom. The summed E-state index contributed by atoms with van der Waals surface area (Å²) >= 11 is 0. The number of imidazole rings is 1. The first-order chi connectivity index (χ1) is 6.77. The fourth-order valence-corrected chi connectivity index (χ4v) is 0.757. The highest BCUT2D eigenvalue weighted by atomic mass is 16.1. The molecule has 0 atom stereocenters. The summed E-state index contributed by atoms with van der Waals surface area (Å²) < 4.78 is 1.60. The number of hydrogen-bond donors (Lipinski definition) is 0. The van der Waals surface area contributed by atoms with Crippen LogP contribution in [-0.2, 0) is 4.79 Å². The molecule has 0 aromatic carbocycles. The van der Waals surface area contributed by atoms with Gasteiger partial charge in [-0.05, 0) is 13.6 Å². The second kappa shape index (κ2) is 4.86. The molecule has 14 heavy (non-hydrogen) atoms. The van der Waals surface area contributed by atoms with E-state index in [2.05, 4.69) is 21.7 Å². The highest BCUT2D eigenvalue weighted by molar-refractivity contribution is 5.87. The summed E-state index contributed by atoms with van der Waals surface area (Å²) in [6.45, 7) is 5.03. The average Bonchev–Trinajstić information content (AvgIpc) is 2.72. The SMILES string of the molecule is C=NC(=N/C=C(\C)C=O)n1ccnc1. The van der Waals surface area contributed by atoms with Gasteiger partial charge in [-0.25, -0.2) is 15.0 Å². The zero-order valence-corrected chi connectivity index (χ0v) is 7.79. The lowest BCUT2D eigenvalue weighted by atomic mass is 10.4. The Balaban J connectivity index is 2.93. The van der Waals surface area contributed by atoms with E-state index < -0.39 is 0 Å². The van der Waals surface area contributed by atoms with Crippen molar-refractivity contribution in [3.8, 4) is 0 Å². The van der Waals surface area contributed by atoms with E-state index in [0.29, 0.717) is 11.5 Å². The molecule has 0 bridgehead atoms. The normalized spacial score (nSPS) is 12.6. The number of hydrogen-bond acceptors (Lipinski definition) is 3. The van der Waals surface area contributed by atoms with Gasteiger partial charge >= 0.3 is 0 Å². The first-order valence-electron chi connectivity index (χ1n) is 3.92. The van der Waals surface area contributed by atoms with Crippen LogP contribution in [0.5, 0.6) is 0 Å². The van der Waals surface area contributed by atoms with Crippen molar-refractivity contribution in [1.82, 2.24) is 9.55 Å². The maximum atomic E-state index is 10.3. The average molecular weight is 190 g/mol. The standard InChI is InChI=1S/C9H10N4O/c1-8(6-14)5-12-9(10-2)13-4-3-11-7-13/h3-7H,2H2,1H3/b8-5+,12-9?. The van der Waals surface area contributed by atoms with Crippen LogP contribution in [0.3, 0.4) is 0 Å². The van der Waals surface area contributed by atoms with Gasteiger partial charge in [-0.3, -0.25) is 9.36 Å². The van der Waals surface area contributed by atoms with Gasteiger partial charge in [0.25, 0.3) is 0 Å². The highest BCUT2D eigenvalue weighted by Gasteiger charge is 1.95. The third-order valence-corrected chi connectivity index (χ3v) is 1.45. The van der Waals surface area contributed by atoms with Crippen LogP contribution in [0.1, 0.15) is 6.92 Å². The quantitative estimate of drug-likeness (QED) is 0.301. The number of aldehydes is 1. The molecule has 5 heteroatoms. The van der Waals surface area contributed by atoms with E-state index >= 15 is 0 Å². The maximum Gasteiger partial charge on any atom is 0.234 e. The molecule has 0 unspecified atom stereocenters. The largest absolute Gasteiger partial charge is 0.298 e. The Labute approximate surface area is 81.5 Å². The van der Waals surface area contributed by atoms with Gasteiger partial charge in [-0.2, -0.15) is 0 Å². The minimum Gasteiger partial charge on any atom is -0.298 e. The van der Waals surface area contributed by atoms with Crippen molar-refractivity contribution < 1.29 is 4.79 Å². The second-order valence-corrected chi connectivity index (χ2v) is 2.55. The van der Waals surface area contributed by atoms with Crippen molar-refractivity contribution in [3.05, 3.63) is 30.5 Å². The molecule has 0 N–H and O–H groups in total. The van der Waals surface area contributed by atoms with E-state index in [1.165, 1.54) is 6.20 Å². The minimum absolute atomic E-state index is 0.378. The zero-order chi connectivity index (χ0) is 10.4. The van der Waals surface area contributed by atoms with Gasteiger partial charge in [0.15, 0.2) is 0 Å². The van der Waals surface area contributed by atoms with Gasteiger partial charge in [0.05, 0.1) is 0 Å². The lowest BCUT2D eigenvalue weighted by Gasteiger charge is -1.97. The van der Waals surface area contributed by atoms with E-state index in [9.17, 15) is 4.79 Å². The Bertz CT molecular complexity index is 376. The van der Waals surface area contributed by atoms with E-state index in [0.717, 1.165) is 6.29 Å². The molecule has 0 spiro atoms. The molecule has 1 rings (SSSR count). The molecule has 0 amide bonds. The third-order valence-electron chi connectivity index (χ3n) is 1.45. The molecule has 72 valence electrons. The van der Waals surface area contributed by atoms with Crippen LogP contribution in [0.4, 0.5) is 0 Å². The molecule has 1 aromatic heterocycles. The monoisotopic (exact) mass is 190 g/mol. The van der Waals surface area contributed by atoms with E-state index in [-0.39, 0.29) is 0 Å². The number of nitrogens with zero attached hydrogens (tertiary/aromatic N) is 4. The van der Waals surface area contributed by atoms with Crippen molar-refractivity contribution in [2.75, 3.05) is 0 Å². The fraction of sp³-hybridized carbons (Fsp3) is 0.111. The smallest absolute Gasteiger partial charge is 0.234 e. The molecule has 0 aliphatic rings. The summed E-state index contributed by atoms with van der Waals surface area (Å²) in [5, 5.41) is 0. The van der Waals surface area contributed by atoms with Gasteiger partial charge in [-0.1, -0.05) is 0 Å². The zero-order valence-electron chi connectivity index (χ0n) is 7.79. The van der Waals surface area contributed by atoms with E-state index in [1.807, 2.05) is 0 Å². The summed E-state index contributed by atoms with van der Waals surface area (Å²) in [6.07, 6.45) is 7.00. The Kier molecular flexibility index (Phi) is 3.49. The Hall–Kier alpha value is -2.04. The van der Waals surface area contributed by atoms with Crippen molar-refractivity contribution in [2.45, 2.75) is 6.92 Å². The molecular weight excluding hydrogens is 180 g/mol. The number of aliphatic imine (C=N–C) groups is 2. The van der Waals surface area contributed by atoms with Crippen LogP contribution in [0.25, 0.3) is 0 Å². The lowest BCUT2D eigenvalue weighted by molar-refractivity contribution is -0.104. The van der Waals surface area contributed by atoms with Gasteiger partial charge in [0.2, 0.25) is 5.96 Å². The number of allylic oxidation sites excluding steroid dienone is 1. The van der Waals surface area contributed by atoms with Crippen molar-refractivity contribution in [2.24, 2.45) is 9.98 Å². The molecule has 5 nitrogen and oxygen atoms in total. The number of rotatable bonds is 2. The predicted molar refractivity (Wildman–Crippen MR) is 54.4 cm³/mol. The van der Waals surface area contributed by atoms with E-state index in [4.69, 9.17) is 0 Å². The van der Waals surface area contributed by atoms with Crippen LogP contribution in [0.2, 0.25) is 0 Å². The van der Waals surface area contributed by atoms with Crippen LogP contribution in [-0.4, -0.2) is 28.5 Å². The Morgan fingerprint density at radius 2 is 2.43 bits per heavy atom. The van der Waals surface area contributed by atoms with E-state index in [1.54, 1.807) is 30.2 Å². The third kappa shape index (κ3) is 2.48. The topological polar surface area (TPSA) is 59.6 Å². The summed E-state index contributed by atoms with van der Waals surface area (Å²) in [5.41, 5.74) is 0.520. The fourth-order valence-electron chi connectivity index (χ4n) is 0.757. The predicted octanol–water partition coefficient (Wildman–Crippen LogP) is 0.890. The molecule has 0 aliphatic heterocycles.